The lowest BCUT2D eigenvalue weighted by molar-refractivity contribution is -0.127. The lowest BCUT2D eigenvalue weighted by Crippen LogP contribution is -2.43. The van der Waals surface area contributed by atoms with Crippen molar-refractivity contribution in [3.05, 3.63) is 58.0 Å². The molecule has 0 aliphatic heterocycles. The van der Waals surface area contributed by atoms with E-state index in [4.69, 9.17) is 0 Å². The number of hydrogen-bond acceptors (Lipinski definition) is 3. The molecule has 0 aliphatic carbocycles. The number of carbonyl (C=O) groups is 1. The minimum atomic E-state index is -0.282. The molecule has 2 rings (SSSR count). The van der Waals surface area contributed by atoms with Gasteiger partial charge in [0.2, 0.25) is 5.91 Å². The van der Waals surface area contributed by atoms with Crippen LogP contribution in [0.1, 0.15) is 10.4 Å². The fourth-order valence-corrected chi connectivity index (χ4v) is 2.77. The van der Waals surface area contributed by atoms with Crippen LogP contribution in [0.15, 0.2) is 46.8 Å². The molecule has 2 aromatic rings. The number of guanidine groups is 1. The molecule has 0 spiro atoms. The van der Waals surface area contributed by atoms with E-state index in [0.717, 1.165) is 12.0 Å². The van der Waals surface area contributed by atoms with Crippen molar-refractivity contribution < 1.29 is 9.18 Å². The molecule has 0 radical (unpaired) electrons. The van der Waals surface area contributed by atoms with Crippen LogP contribution in [0, 0.1) is 5.82 Å². The van der Waals surface area contributed by atoms with Gasteiger partial charge in [-0.15, -0.1) is 35.3 Å². The average Bonchev–Trinajstić information content (AvgIpc) is 3.09. The van der Waals surface area contributed by atoms with Crippen LogP contribution in [-0.2, 0) is 17.8 Å². The van der Waals surface area contributed by atoms with Crippen molar-refractivity contribution in [2.45, 2.75) is 13.0 Å². The Balaban J connectivity index is 0.00000338. The maximum Gasteiger partial charge on any atom is 0.241 e. The van der Waals surface area contributed by atoms with Crippen LogP contribution in [0.2, 0.25) is 0 Å². The van der Waals surface area contributed by atoms with Crippen molar-refractivity contribution in [3.8, 4) is 0 Å². The Labute approximate surface area is 174 Å². The topological polar surface area (TPSA) is 56.7 Å². The summed E-state index contributed by atoms with van der Waals surface area (Å²) in [5.41, 5.74) is 0.776. The Morgan fingerprint density at radius 3 is 2.69 bits per heavy atom. The Morgan fingerprint density at radius 2 is 2.04 bits per heavy atom. The second-order valence-corrected chi connectivity index (χ2v) is 6.72. The van der Waals surface area contributed by atoms with Gasteiger partial charge in [-0.3, -0.25) is 4.79 Å². The van der Waals surface area contributed by atoms with Crippen LogP contribution in [-0.4, -0.2) is 44.0 Å². The molecule has 1 heterocycles. The van der Waals surface area contributed by atoms with Gasteiger partial charge in [-0.1, -0.05) is 18.2 Å². The molecule has 0 unspecified atom stereocenters. The molecule has 1 aromatic heterocycles. The number of thiophene rings is 1. The van der Waals surface area contributed by atoms with Crippen molar-refractivity contribution in [1.82, 2.24) is 15.5 Å². The number of hydrogen-bond donors (Lipinski definition) is 2. The van der Waals surface area contributed by atoms with Crippen LogP contribution in [0.4, 0.5) is 4.39 Å². The maximum atomic E-state index is 13.3. The standard InChI is InChI=1S/C18H23FN4OS.HI/c1-23(2)17(24)13-22-18(20-9-8-16-7-4-10-25-16)21-12-14-5-3-6-15(19)11-14;/h3-7,10-11H,8-9,12-13H2,1-2H3,(H2,20,21,22);1H. The molecular formula is C18H24FIN4OS. The molecule has 2 N–H and O–H groups in total. The molecule has 0 saturated heterocycles. The van der Waals surface area contributed by atoms with Gasteiger partial charge in [-0.05, 0) is 35.6 Å². The number of nitrogens with one attached hydrogen (secondary N) is 2. The lowest BCUT2D eigenvalue weighted by Gasteiger charge is -2.15. The Morgan fingerprint density at radius 1 is 1.23 bits per heavy atom. The molecule has 0 saturated carbocycles. The minimum Gasteiger partial charge on any atom is -0.356 e. The first kappa shape index (κ1) is 22.4. The molecule has 8 heteroatoms. The highest BCUT2D eigenvalue weighted by molar-refractivity contribution is 14.0. The molecular weight excluding hydrogens is 466 g/mol. The van der Waals surface area contributed by atoms with Crippen LogP contribution in [0.5, 0.6) is 0 Å². The van der Waals surface area contributed by atoms with Gasteiger partial charge in [0, 0.05) is 25.5 Å². The number of benzene rings is 1. The molecule has 142 valence electrons. The minimum absolute atomic E-state index is 0. The maximum absolute atomic E-state index is 13.3. The Hall–Kier alpha value is -1.68. The monoisotopic (exact) mass is 490 g/mol. The second kappa shape index (κ2) is 11.8. The van der Waals surface area contributed by atoms with Crippen molar-refractivity contribution >= 4 is 47.2 Å². The zero-order valence-corrected chi connectivity index (χ0v) is 18.0. The number of carbonyl (C=O) groups excluding carboxylic acids is 1. The molecule has 0 atom stereocenters. The van der Waals surface area contributed by atoms with Crippen LogP contribution < -0.4 is 10.6 Å². The largest absolute Gasteiger partial charge is 0.356 e. The van der Waals surface area contributed by atoms with E-state index < -0.39 is 0 Å². The lowest BCUT2D eigenvalue weighted by atomic mass is 10.2. The van der Waals surface area contributed by atoms with Crippen LogP contribution in [0.25, 0.3) is 0 Å². The quantitative estimate of drug-likeness (QED) is 0.357. The zero-order valence-electron chi connectivity index (χ0n) is 14.9. The van der Waals surface area contributed by atoms with Gasteiger partial charge in [0.25, 0.3) is 0 Å². The van der Waals surface area contributed by atoms with Gasteiger partial charge in [0.15, 0.2) is 5.96 Å². The number of aliphatic imine (C=N–C) groups is 1. The predicted octanol–water partition coefficient (Wildman–Crippen LogP) is 2.87. The summed E-state index contributed by atoms with van der Waals surface area (Å²) >= 11 is 1.71. The highest BCUT2D eigenvalue weighted by Gasteiger charge is 2.06. The van der Waals surface area contributed by atoms with Gasteiger partial charge in [-0.2, -0.15) is 0 Å². The van der Waals surface area contributed by atoms with Crippen molar-refractivity contribution in [2.24, 2.45) is 4.99 Å². The smallest absolute Gasteiger partial charge is 0.241 e. The molecule has 5 nitrogen and oxygen atoms in total. The van der Waals surface area contributed by atoms with Gasteiger partial charge in [0.1, 0.15) is 5.82 Å². The fraction of sp³-hybridized carbons (Fsp3) is 0.333. The van der Waals surface area contributed by atoms with Crippen LogP contribution >= 0.6 is 35.3 Å². The molecule has 1 aromatic carbocycles. The van der Waals surface area contributed by atoms with E-state index in [0.29, 0.717) is 19.0 Å². The third kappa shape index (κ3) is 8.13. The summed E-state index contributed by atoms with van der Waals surface area (Å²) in [7, 11) is 3.41. The molecule has 1 amide bonds. The van der Waals surface area contributed by atoms with Gasteiger partial charge >= 0.3 is 0 Å². The second-order valence-electron chi connectivity index (χ2n) is 5.69. The van der Waals surface area contributed by atoms with E-state index in [-0.39, 0.29) is 42.2 Å². The van der Waals surface area contributed by atoms with Gasteiger partial charge in [0.05, 0.1) is 13.1 Å². The summed E-state index contributed by atoms with van der Waals surface area (Å²) in [4.78, 5) is 19.0. The van der Waals surface area contributed by atoms with Crippen LogP contribution in [0.3, 0.4) is 0 Å². The number of rotatable bonds is 7. The highest BCUT2D eigenvalue weighted by Crippen LogP contribution is 2.08. The first-order valence-electron chi connectivity index (χ1n) is 8.04. The van der Waals surface area contributed by atoms with Crippen molar-refractivity contribution in [1.29, 1.82) is 0 Å². The van der Waals surface area contributed by atoms with Gasteiger partial charge < -0.3 is 15.5 Å². The first-order valence-corrected chi connectivity index (χ1v) is 8.91. The third-order valence-corrected chi connectivity index (χ3v) is 4.39. The third-order valence-electron chi connectivity index (χ3n) is 3.46. The zero-order chi connectivity index (χ0) is 18.1. The van der Waals surface area contributed by atoms with Crippen molar-refractivity contribution in [3.63, 3.8) is 0 Å². The van der Waals surface area contributed by atoms with Gasteiger partial charge in [-0.25, -0.2) is 9.38 Å². The van der Waals surface area contributed by atoms with Crippen molar-refractivity contribution in [2.75, 3.05) is 27.2 Å². The normalized spacial score (nSPS) is 10.8. The van der Waals surface area contributed by atoms with E-state index in [1.54, 1.807) is 31.5 Å². The van der Waals surface area contributed by atoms with E-state index >= 15 is 0 Å². The summed E-state index contributed by atoms with van der Waals surface area (Å²) < 4.78 is 13.3. The molecule has 26 heavy (non-hydrogen) atoms. The number of halogens is 2. The highest BCUT2D eigenvalue weighted by atomic mass is 127. The molecule has 0 fully saturated rings. The number of nitrogens with zero attached hydrogens (tertiary/aromatic N) is 2. The SMILES string of the molecule is CN(C)C(=O)CNC(=NCc1cccc(F)c1)NCCc1cccs1.I. The average molecular weight is 490 g/mol. The number of likely N-dealkylation sites (N-methyl/N-ethyl adjacent to an activating group) is 1. The summed E-state index contributed by atoms with van der Waals surface area (Å²) in [6.07, 6.45) is 0.875. The fourth-order valence-electron chi connectivity index (χ4n) is 2.06. The first-order chi connectivity index (χ1) is 12.0. The molecule has 0 bridgehead atoms. The van der Waals surface area contributed by atoms with E-state index in [9.17, 15) is 9.18 Å². The number of amides is 1. The Bertz CT molecular complexity index is 707. The summed E-state index contributed by atoms with van der Waals surface area (Å²) in [6, 6.07) is 10.4. The van der Waals surface area contributed by atoms with E-state index in [1.165, 1.54) is 21.9 Å². The summed E-state index contributed by atoms with van der Waals surface area (Å²) in [5.74, 6) is 0.213. The summed E-state index contributed by atoms with van der Waals surface area (Å²) in [5, 5.41) is 8.29. The van der Waals surface area contributed by atoms with E-state index in [2.05, 4.69) is 21.7 Å². The van der Waals surface area contributed by atoms with E-state index in [1.807, 2.05) is 17.5 Å². The predicted molar refractivity (Wildman–Crippen MR) is 116 cm³/mol. The molecule has 0 aliphatic rings. The summed E-state index contributed by atoms with van der Waals surface area (Å²) in [6.45, 7) is 1.19. The Kier molecular flexibility index (Phi) is 10.2.